The van der Waals surface area contributed by atoms with Crippen molar-refractivity contribution < 1.29 is 9.72 Å². The average Bonchev–Trinajstić information content (AvgIpc) is 3.35. The number of nitro groups is 1. The SMILES string of the molecule is O=C1Nc2ccc([N+](=O)[O-])cc2/C1=C(/Nc1ccc2[nH]cnc2c1)c1ccccc1. The monoisotopic (exact) mass is 397 g/mol. The number of rotatable bonds is 4. The molecule has 0 radical (unpaired) electrons. The summed E-state index contributed by atoms with van der Waals surface area (Å²) >= 11 is 0. The summed E-state index contributed by atoms with van der Waals surface area (Å²) in [5.74, 6) is -0.322. The van der Waals surface area contributed by atoms with Crippen LogP contribution in [0.3, 0.4) is 0 Å². The van der Waals surface area contributed by atoms with Crippen LogP contribution < -0.4 is 10.6 Å². The van der Waals surface area contributed by atoms with Crippen LogP contribution in [0.2, 0.25) is 0 Å². The number of non-ortho nitro benzene ring substituents is 1. The van der Waals surface area contributed by atoms with Crippen molar-refractivity contribution in [2.45, 2.75) is 0 Å². The number of hydrogen-bond acceptors (Lipinski definition) is 5. The number of hydrogen-bond donors (Lipinski definition) is 3. The minimum Gasteiger partial charge on any atom is -0.354 e. The fourth-order valence-corrected chi connectivity index (χ4v) is 3.55. The van der Waals surface area contributed by atoms with E-state index in [-0.39, 0.29) is 11.6 Å². The van der Waals surface area contributed by atoms with Crippen molar-refractivity contribution in [1.82, 2.24) is 9.97 Å². The molecule has 1 aromatic heterocycles. The Labute approximate surface area is 170 Å². The van der Waals surface area contributed by atoms with Gasteiger partial charge in [0.25, 0.3) is 11.6 Å². The van der Waals surface area contributed by atoms with Crippen molar-refractivity contribution in [1.29, 1.82) is 0 Å². The number of anilines is 2. The highest BCUT2D eigenvalue weighted by molar-refractivity contribution is 6.37. The van der Waals surface area contributed by atoms with Crippen molar-refractivity contribution in [2.75, 3.05) is 10.6 Å². The lowest BCUT2D eigenvalue weighted by Crippen LogP contribution is -2.10. The molecule has 2 heterocycles. The molecule has 0 aliphatic carbocycles. The normalized spacial score (nSPS) is 14.3. The van der Waals surface area contributed by atoms with Crippen molar-refractivity contribution >= 4 is 45.3 Å². The Morgan fingerprint density at radius 3 is 2.67 bits per heavy atom. The summed E-state index contributed by atoms with van der Waals surface area (Å²) in [5, 5.41) is 17.4. The van der Waals surface area contributed by atoms with Crippen LogP contribution in [0, 0.1) is 10.1 Å². The molecule has 3 aromatic carbocycles. The summed E-state index contributed by atoms with van der Waals surface area (Å²) in [7, 11) is 0. The molecule has 0 saturated heterocycles. The third-order valence-electron chi connectivity index (χ3n) is 4.96. The number of benzene rings is 3. The van der Waals surface area contributed by atoms with Gasteiger partial charge in [0.05, 0.1) is 33.6 Å². The van der Waals surface area contributed by atoms with Gasteiger partial charge in [-0.05, 0) is 29.8 Å². The molecule has 8 nitrogen and oxygen atoms in total. The van der Waals surface area contributed by atoms with Crippen LogP contribution in [0.1, 0.15) is 11.1 Å². The number of nitrogens with zero attached hydrogens (tertiary/aromatic N) is 2. The molecule has 1 amide bonds. The van der Waals surface area contributed by atoms with Crippen molar-refractivity contribution in [3.63, 3.8) is 0 Å². The quantitative estimate of drug-likeness (QED) is 0.268. The Morgan fingerprint density at radius 2 is 1.87 bits per heavy atom. The average molecular weight is 397 g/mol. The van der Waals surface area contributed by atoms with Gasteiger partial charge in [0.1, 0.15) is 0 Å². The highest BCUT2D eigenvalue weighted by Gasteiger charge is 2.30. The Kier molecular flexibility index (Phi) is 4.03. The molecule has 146 valence electrons. The zero-order chi connectivity index (χ0) is 20.7. The molecule has 0 unspecified atom stereocenters. The Balaban J connectivity index is 1.71. The van der Waals surface area contributed by atoms with Gasteiger partial charge in [-0.15, -0.1) is 0 Å². The first kappa shape index (κ1) is 17.6. The van der Waals surface area contributed by atoms with E-state index < -0.39 is 4.92 Å². The number of nitrogens with one attached hydrogen (secondary N) is 3. The Morgan fingerprint density at radius 1 is 1.03 bits per heavy atom. The van der Waals surface area contributed by atoms with E-state index in [1.807, 2.05) is 48.5 Å². The van der Waals surface area contributed by atoms with Gasteiger partial charge in [-0.1, -0.05) is 30.3 Å². The van der Waals surface area contributed by atoms with Crippen LogP contribution >= 0.6 is 0 Å². The van der Waals surface area contributed by atoms with Crippen LogP contribution in [0.25, 0.3) is 22.3 Å². The molecule has 0 saturated carbocycles. The maximum atomic E-state index is 12.9. The van der Waals surface area contributed by atoms with Gasteiger partial charge in [0.15, 0.2) is 0 Å². The topological polar surface area (TPSA) is 113 Å². The van der Waals surface area contributed by atoms with Crippen LogP contribution in [0.4, 0.5) is 17.1 Å². The zero-order valence-electron chi connectivity index (χ0n) is 15.5. The number of H-pyrrole nitrogens is 1. The number of fused-ring (bicyclic) bond motifs is 2. The van der Waals surface area contributed by atoms with Gasteiger partial charge < -0.3 is 15.6 Å². The first-order chi connectivity index (χ1) is 14.6. The third kappa shape index (κ3) is 2.96. The third-order valence-corrected chi connectivity index (χ3v) is 4.96. The molecule has 1 aliphatic heterocycles. The molecular weight excluding hydrogens is 382 g/mol. The number of aromatic nitrogens is 2. The first-order valence-corrected chi connectivity index (χ1v) is 9.20. The summed E-state index contributed by atoms with van der Waals surface area (Å²) in [5.41, 5.74) is 5.06. The summed E-state index contributed by atoms with van der Waals surface area (Å²) in [6.07, 6.45) is 1.62. The summed E-state index contributed by atoms with van der Waals surface area (Å²) in [6, 6.07) is 19.4. The second kappa shape index (κ2) is 6.85. The maximum absolute atomic E-state index is 12.9. The molecule has 0 atom stereocenters. The van der Waals surface area contributed by atoms with Gasteiger partial charge in [-0.2, -0.15) is 0 Å². The molecule has 0 spiro atoms. The van der Waals surface area contributed by atoms with E-state index in [1.54, 1.807) is 12.4 Å². The number of amides is 1. The van der Waals surface area contributed by atoms with Crippen LogP contribution in [-0.4, -0.2) is 20.8 Å². The van der Waals surface area contributed by atoms with Gasteiger partial charge in [0.2, 0.25) is 0 Å². The van der Waals surface area contributed by atoms with E-state index >= 15 is 0 Å². The highest BCUT2D eigenvalue weighted by Crippen LogP contribution is 2.39. The smallest absolute Gasteiger partial charge is 0.270 e. The highest BCUT2D eigenvalue weighted by atomic mass is 16.6. The Hall–Kier alpha value is -4.46. The van der Waals surface area contributed by atoms with E-state index in [9.17, 15) is 14.9 Å². The molecule has 0 bridgehead atoms. The molecule has 0 fully saturated rings. The lowest BCUT2D eigenvalue weighted by atomic mass is 9.99. The number of aromatic amines is 1. The number of imidazole rings is 1. The van der Waals surface area contributed by atoms with Gasteiger partial charge in [0, 0.05) is 29.1 Å². The molecule has 1 aliphatic rings. The van der Waals surface area contributed by atoms with Gasteiger partial charge in [-0.25, -0.2) is 4.98 Å². The molecule has 4 aromatic rings. The number of carbonyl (C=O) groups excluding carboxylic acids is 1. The number of carbonyl (C=O) groups is 1. The van der Waals surface area contributed by atoms with Crippen LogP contribution in [0.15, 0.2) is 73.1 Å². The Bertz CT molecular complexity index is 1340. The zero-order valence-corrected chi connectivity index (χ0v) is 15.5. The van der Waals surface area contributed by atoms with Gasteiger partial charge >= 0.3 is 0 Å². The first-order valence-electron chi connectivity index (χ1n) is 9.20. The molecule has 3 N–H and O–H groups in total. The lowest BCUT2D eigenvalue weighted by molar-refractivity contribution is -0.384. The van der Waals surface area contributed by atoms with Gasteiger partial charge in [-0.3, -0.25) is 14.9 Å². The maximum Gasteiger partial charge on any atom is 0.270 e. The van der Waals surface area contributed by atoms with E-state index in [2.05, 4.69) is 20.6 Å². The summed E-state index contributed by atoms with van der Waals surface area (Å²) in [6.45, 7) is 0. The van der Waals surface area contributed by atoms with Crippen LogP contribution in [-0.2, 0) is 4.79 Å². The van der Waals surface area contributed by atoms with Crippen LogP contribution in [0.5, 0.6) is 0 Å². The molecule has 5 rings (SSSR count). The number of nitro benzene ring substituents is 1. The van der Waals surface area contributed by atoms with Crippen molar-refractivity contribution in [2.24, 2.45) is 0 Å². The van der Waals surface area contributed by atoms with E-state index in [4.69, 9.17) is 0 Å². The minimum absolute atomic E-state index is 0.0758. The largest absolute Gasteiger partial charge is 0.354 e. The van der Waals surface area contributed by atoms with Crippen molar-refractivity contribution in [3.8, 4) is 0 Å². The fraction of sp³-hybridized carbons (Fsp3) is 0. The van der Waals surface area contributed by atoms with Crippen molar-refractivity contribution in [3.05, 3.63) is 94.3 Å². The molecular formula is C22H15N5O3. The standard InChI is InChI=1S/C22H15N5O3/c28-22-20(16-11-15(27(29)30)7-9-17(16)26-22)21(13-4-2-1-3-5-13)25-14-6-8-18-19(10-14)24-12-23-18/h1-12,25H,(H,23,24)(H,26,28)/b21-20-. The fourth-order valence-electron chi connectivity index (χ4n) is 3.55. The molecule has 30 heavy (non-hydrogen) atoms. The summed E-state index contributed by atoms with van der Waals surface area (Å²) < 4.78 is 0. The lowest BCUT2D eigenvalue weighted by Gasteiger charge is -2.14. The second-order valence-electron chi connectivity index (χ2n) is 6.82. The predicted molar refractivity (Wildman–Crippen MR) is 115 cm³/mol. The van der Waals surface area contributed by atoms with E-state index in [1.165, 1.54) is 12.1 Å². The van der Waals surface area contributed by atoms with E-state index in [0.29, 0.717) is 22.5 Å². The van der Waals surface area contributed by atoms with E-state index in [0.717, 1.165) is 22.3 Å². The summed E-state index contributed by atoms with van der Waals surface area (Å²) in [4.78, 5) is 31.0. The molecule has 8 heteroatoms. The predicted octanol–water partition coefficient (Wildman–Crippen LogP) is 4.40. The minimum atomic E-state index is -0.470. The second-order valence-corrected chi connectivity index (χ2v) is 6.82.